The van der Waals surface area contributed by atoms with Gasteiger partial charge in [-0.15, -0.1) is 24.2 Å². The summed E-state index contributed by atoms with van der Waals surface area (Å²) in [5.41, 5.74) is 1.24. The van der Waals surface area contributed by atoms with Crippen molar-refractivity contribution in [1.82, 2.24) is 10.6 Å². The monoisotopic (exact) mass is 350 g/mol. The number of carbonyl (C=O) groups excluding carboxylic acids is 1. The summed E-state index contributed by atoms with van der Waals surface area (Å²) in [4.78, 5) is 11.7. The summed E-state index contributed by atoms with van der Waals surface area (Å²) in [6.45, 7) is 0.698. The van der Waals surface area contributed by atoms with E-state index in [4.69, 9.17) is 0 Å². The van der Waals surface area contributed by atoms with Crippen LogP contribution < -0.4 is 10.6 Å². The number of carbonyl (C=O) groups is 1. The maximum absolute atomic E-state index is 11.7. The second kappa shape index (κ2) is 8.04. The lowest BCUT2D eigenvalue weighted by Gasteiger charge is -2.10. The van der Waals surface area contributed by atoms with Gasteiger partial charge in [0.1, 0.15) is 0 Å². The van der Waals surface area contributed by atoms with Crippen LogP contribution in [0.5, 0.6) is 0 Å². The number of hydrogen-bond donors (Lipinski definition) is 2. The summed E-state index contributed by atoms with van der Waals surface area (Å²) in [7, 11) is 0. The summed E-state index contributed by atoms with van der Waals surface area (Å²) in [5, 5.41) is 6.12. The molecule has 1 aliphatic heterocycles. The second-order valence-electron chi connectivity index (χ2n) is 3.94. The molecule has 3 nitrogen and oxygen atoms in total. The first kappa shape index (κ1) is 15.8. The molecule has 0 aromatic heterocycles. The number of halogens is 2. The van der Waals surface area contributed by atoms with Gasteiger partial charge in [0, 0.05) is 22.6 Å². The SMILES string of the molecule is Cl.O=C(NCCc1ccc(Br)cc1)C1CSCN1. The molecule has 0 aliphatic carbocycles. The highest BCUT2D eigenvalue weighted by Gasteiger charge is 2.21. The third-order valence-electron chi connectivity index (χ3n) is 2.66. The first-order valence-electron chi connectivity index (χ1n) is 5.59. The number of amides is 1. The molecule has 1 aromatic carbocycles. The van der Waals surface area contributed by atoms with Crippen LogP contribution in [-0.2, 0) is 11.2 Å². The molecule has 2 N–H and O–H groups in total. The van der Waals surface area contributed by atoms with Gasteiger partial charge in [0.15, 0.2) is 0 Å². The van der Waals surface area contributed by atoms with Crippen LogP contribution in [0.15, 0.2) is 28.7 Å². The zero-order valence-corrected chi connectivity index (χ0v) is 13.0. The zero-order chi connectivity index (χ0) is 12.1. The van der Waals surface area contributed by atoms with Crippen molar-refractivity contribution < 1.29 is 4.79 Å². The van der Waals surface area contributed by atoms with Crippen LogP contribution in [-0.4, -0.2) is 30.1 Å². The van der Waals surface area contributed by atoms with Crippen molar-refractivity contribution in [3.05, 3.63) is 34.3 Å². The molecular weight excluding hydrogens is 336 g/mol. The molecule has 1 atom stereocenters. The summed E-state index contributed by atoms with van der Waals surface area (Å²) in [6.07, 6.45) is 0.874. The van der Waals surface area contributed by atoms with Crippen molar-refractivity contribution in [2.75, 3.05) is 18.2 Å². The molecule has 1 saturated heterocycles. The van der Waals surface area contributed by atoms with Crippen LogP contribution in [0.3, 0.4) is 0 Å². The highest BCUT2D eigenvalue weighted by Crippen LogP contribution is 2.11. The number of hydrogen-bond acceptors (Lipinski definition) is 3. The van der Waals surface area contributed by atoms with Gasteiger partial charge >= 0.3 is 0 Å². The minimum absolute atomic E-state index is 0. The van der Waals surface area contributed by atoms with E-state index in [9.17, 15) is 4.79 Å². The Bertz CT molecular complexity index is 382. The molecule has 1 unspecified atom stereocenters. The van der Waals surface area contributed by atoms with E-state index < -0.39 is 0 Å². The fourth-order valence-electron chi connectivity index (χ4n) is 1.67. The fraction of sp³-hybridized carbons (Fsp3) is 0.417. The third-order valence-corrected chi connectivity index (χ3v) is 4.13. The van der Waals surface area contributed by atoms with Crippen LogP contribution in [0.1, 0.15) is 5.56 Å². The van der Waals surface area contributed by atoms with Gasteiger partial charge in [-0.1, -0.05) is 28.1 Å². The average molecular weight is 352 g/mol. The van der Waals surface area contributed by atoms with Gasteiger partial charge in [0.05, 0.1) is 6.04 Å². The van der Waals surface area contributed by atoms with Crippen LogP contribution in [0.2, 0.25) is 0 Å². The molecule has 2 rings (SSSR count). The largest absolute Gasteiger partial charge is 0.354 e. The van der Waals surface area contributed by atoms with Crippen LogP contribution >= 0.6 is 40.1 Å². The van der Waals surface area contributed by atoms with Crippen LogP contribution in [0.4, 0.5) is 0 Å². The normalized spacial score (nSPS) is 18.2. The molecule has 1 aliphatic rings. The minimum Gasteiger partial charge on any atom is -0.354 e. The second-order valence-corrected chi connectivity index (χ2v) is 5.89. The number of thioether (sulfide) groups is 1. The van der Waals surface area contributed by atoms with Gasteiger partial charge in [-0.25, -0.2) is 0 Å². The average Bonchev–Trinajstić information content (AvgIpc) is 2.85. The maximum atomic E-state index is 11.7. The van der Waals surface area contributed by atoms with Crippen LogP contribution in [0, 0.1) is 0 Å². The molecule has 18 heavy (non-hydrogen) atoms. The van der Waals surface area contributed by atoms with E-state index in [0.717, 1.165) is 22.5 Å². The van der Waals surface area contributed by atoms with E-state index >= 15 is 0 Å². The Hall–Kier alpha value is -0.230. The molecule has 0 saturated carbocycles. The lowest BCUT2D eigenvalue weighted by Crippen LogP contribution is -2.42. The lowest BCUT2D eigenvalue weighted by atomic mass is 10.1. The molecule has 1 aromatic rings. The van der Waals surface area contributed by atoms with E-state index in [1.54, 1.807) is 11.8 Å². The number of rotatable bonds is 4. The minimum atomic E-state index is -0.00934. The van der Waals surface area contributed by atoms with Crippen molar-refractivity contribution in [3.63, 3.8) is 0 Å². The topological polar surface area (TPSA) is 41.1 Å². The van der Waals surface area contributed by atoms with Gasteiger partial charge < -0.3 is 5.32 Å². The van der Waals surface area contributed by atoms with Crippen molar-refractivity contribution in [2.45, 2.75) is 12.5 Å². The first-order chi connectivity index (χ1) is 8.25. The van der Waals surface area contributed by atoms with E-state index in [1.165, 1.54) is 5.56 Å². The summed E-state index contributed by atoms with van der Waals surface area (Å²) in [5.74, 6) is 1.88. The predicted octanol–water partition coefficient (Wildman–Crippen LogP) is 2.19. The van der Waals surface area contributed by atoms with E-state index in [2.05, 4.69) is 38.7 Å². The van der Waals surface area contributed by atoms with Crippen molar-refractivity contribution >= 4 is 46.0 Å². The van der Waals surface area contributed by atoms with Gasteiger partial charge in [-0.2, -0.15) is 0 Å². The third kappa shape index (κ3) is 4.80. The highest BCUT2D eigenvalue weighted by atomic mass is 79.9. The molecule has 0 bridgehead atoms. The Labute approximate surface area is 126 Å². The van der Waals surface area contributed by atoms with Gasteiger partial charge in [-0.05, 0) is 24.1 Å². The summed E-state index contributed by atoms with van der Waals surface area (Å²) in [6, 6.07) is 8.17. The van der Waals surface area contributed by atoms with Gasteiger partial charge in [-0.3, -0.25) is 10.1 Å². The molecule has 1 amide bonds. The molecular formula is C12H16BrClN2OS. The smallest absolute Gasteiger partial charge is 0.238 e. The predicted molar refractivity (Wildman–Crippen MR) is 82.4 cm³/mol. The van der Waals surface area contributed by atoms with Crippen molar-refractivity contribution in [1.29, 1.82) is 0 Å². The van der Waals surface area contributed by atoms with Gasteiger partial charge in [0.25, 0.3) is 0 Å². The molecule has 0 spiro atoms. The van der Waals surface area contributed by atoms with E-state index in [0.29, 0.717) is 6.54 Å². The Kier molecular flexibility index (Phi) is 7.07. The summed E-state index contributed by atoms with van der Waals surface area (Å²) >= 11 is 5.17. The number of nitrogens with one attached hydrogen (secondary N) is 2. The Balaban J connectivity index is 0.00000162. The molecule has 6 heteroatoms. The standard InChI is InChI=1S/C12H15BrN2OS.ClH/c13-10-3-1-9(2-4-10)5-6-14-12(16)11-7-17-8-15-11;/h1-4,11,15H,5-8H2,(H,14,16);1H. The van der Waals surface area contributed by atoms with Crippen molar-refractivity contribution in [3.8, 4) is 0 Å². The fourth-order valence-corrected chi connectivity index (χ4v) is 2.87. The molecule has 0 radical (unpaired) electrons. The quantitative estimate of drug-likeness (QED) is 0.874. The molecule has 1 heterocycles. The Morgan fingerprint density at radius 2 is 2.17 bits per heavy atom. The van der Waals surface area contributed by atoms with E-state index in [-0.39, 0.29) is 24.4 Å². The number of benzene rings is 1. The maximum Gasteiger partial charge on any atom is 0.238 e. The first-order valence-corrected chi connectivity index (χ1v) is 7.54. The van der Waals surface area contributed by atoms with E-state index in [1.807, 2.05) is 12.1 Å². The van der Waals surface area contributed by atoms with Crippen molar-refractivity contribution in [2.24, 2.45) is 0 Å². The van der Waals surface area contributed by atoms with Crippen LogP contribution in [0.25, 0.3) is 0 Å². The Morgan fingerprint density at radius 1 is 1.44 bits per heavy atom. The summed E-state index contributed by atoms with van der Waals surface area (Å²) < 4.78 is 1.08. The highest BCUT2D eigenvalue weighted by molar-refractivity contribution is 9.10. The lowest BCUT2D eigenvalue weighted by molar-refractivity contribution is -0.122. The Morgan fingerprint density at radius 3 is 2.78 bits per heavy atom. The van der Waals surface area contributed by atoms with Gasteiger partial charge in [0.2, 0.25) is 5.91 Å². The molecule has 100 valence electrons. The zero-order valence-electron chi connectivity index (χ0n) is 9.82. The molecule has 1 fully saturated rings.